The number of rotatable bonds is 4. The Bertz CT molecular complexity index is 410. The van der Waals surface area contributed by atoms with Crippen LogP contribution in [0.15, 0.2) is 12.3 Å². The van der Waals surface area contributed by atoms with Crippen LogP contribution in [0.3, 0.4) is 0 Å². The van der Waals surface area contributed by atoms with Crippen molar-refractivity contribution in [3.63, 3.8) is 0 Å². The number of carbonyl (C=O) groups excluding carboxylic acids is 1. The second-order valence-electron chi connectivity index (χ2n) is 3.38. The van der Waals surface area contributed by atoms with Gasteiger partial charge in [0.25, 0.3) is 0 Å². The second kappa shape index (κ2) is 5.58. The first-order valence-electron chi connectivity index (χ1n) is 4.82. The first kappa shape index (κ1) is 13.4. The van der Waals surface area contributed by atoms with Gasteiger partial charge >= 0.3 is 5.97 Å². The van der Waals surface area contributed by atoms with Gasteiger partial charge in [-0.15, -0.1) is 0 Å². The highest BCUT2D eigenvalue weighted by atomic mass is 16.5. The van der Waals surface area contributed by atoms with Crippen LogP contribution in [0, 0.1) is 0 Å². The number of esters is 1. The van der Waals surface area contributed by atoms with Crippen molar-refractivity contribution in [2.75, 3.05) is 19.5 Å². The molecule has 0 bridgehead atoms. The van der Waals surface area contributed by atoms with Gasteiger partial charge in [0.2, 0.25) is 0 Å². The molecule has 0 saturated carbocycles. The molecule has 17 heavy (non-hydrogen) atoms. The van der Waals surface area contributed by atoms with Crippen LogP contribution in [-0.4, -0.2) is 46.1 Å². The lowest BCUT2D eigenvalue weighted by Gasteiger charge is -2.17. The lowest BCUT2D eigenvalue weighted by Crippen LogP contribution is -2.23. The van der Waals surface area contributed by atoms with E-state index < -0.39 is 24.8 Å². The third-order valence-electron chi connectivity index (χ3n) is 2.24. The van der Waals surface area contributed by atoms with Gasteiger partial charge in [0, 0.05) is 11.8 Å². The molecule has 0 saturated heterocycles. The number of hydrogen-bond acceptors (Lipinski definition) is 7. The largest absolute Gasteiger partial charge is 0.465 e. The number of hydrogen-bond donors (Lipinski definition) is 4. The fourth-order valence-electron chi connectivity index (χ4n) is 1.27. The number of aliphatic hydroxyl groups excluding tert-OH is 3. The number of anilines is 1. The van der Waals surface area contributed by atoms with E-state index in [1.165, 1.54) is 19.4 Å². The van der Waals surface area contributed by atoms with E-state index in [1.807, 2.05) is 0 Å². The first-order chi connectivity index (χ1) is 8.01. The summed E-state index contributed by atoms with van der Waals surface area (Å²) >= 11 is 0. The van der Waals surface area contributed by atoms with Crippen LogP contribution in [0.5, 0.6) is 0 Å². The molecule has 1 aromatic rings. The molecule has 2 unspecified atom stereocenters. The van der Waals surface area contributed by atoms with Crippen molar-refractivity contribution in [2.24, 2.45) is 0 Å². The number of methoxy groups -OCH3 is 1. The van der Waals surface area contributed by atoms with Gasteiger partial charge in [0.05, 0.1) is 19.3 Å². The molecule has 1 aromatic heterocycles. The Balaban J connectivity index is 3.10. The average molecular weight is 242 g/mol. The minimum Gasteiger partial charge on any atom is -0.465 e. The Morgan fingerprint density at radius 1 is 1.59 bits per heavy atom. The molecular formula is C10H14N2O5. The highest BCUT2D eigenvalue weighted by Gasteiger charge is 2.22. The highest BCUT2D eigenvalue weighted by Crippen LogP contribution is 2.22. The summed E-state index contributed by atoms with van der Waals surface area (Å²) in [6, 6.07) is 1.26. The lowest BCUT2D eigenvalue weighted by molar-refractivity contribution is -0.0150. The predicted molar refractivity (Wildman–Crippen MR) is 58.0 cm³/mol. The standard InChI is InChI=1S/C10H14N2O5/c1-17-10(16)5-2-6(9(11)12-3-5)8(15)7(14)4-13/h2-3,7-8,13-15H,4H2,1H3,(H2,11,12). The summed E-state index contributed by atoms with van der Waals surface area (Å²) in [5.41, 5.74) is 5.67. The summed E-state index contributed by atoms with van der Waals surface area (Å²) in [6.07, 6.45) is -1.62. The third-order valence-corrected chi connectivity index (χ3v) is 2.24. The van der Waals surface area contributed by atoms with Crippen molar-refractivity contribution in [1.29, 1.82) is 0 Å². The molecule has 0 aliphatic carbocycles. The molecule has 0 aliphatic rings. The molecule has 1 rings (SSSR count). The molecule has 0 fully saturated rings. The SMILES string of the molecule is COC(=O)c1cnc(N)c(C(O)C(O)CO)c1. The van der Waals surface area contributed by atoms with E-state index in [0.29, 0.717) is 0 Å². The summed E-state index contributed by atoms with van der Waals surface area (Å²) in [6.45, 7) is -0.636. The Labute approximate surface area is 97.5 Å². The molecule has 94 valence electrons. The molecule has 0 amide bonds. The van der Waals surface area contributed by atoms with Crippen molar-refractivity contribution >= 4 is 11.8 Å². The number of aromatic nitrogens is 1. The molecule has 7 nitrogen and oxygen atoms in total. The van der Waals surface area contributed by atoms with E-state index in [4.69, 9.17) is 10.8 Å². The maximum absolute atomic E-state index is 11.2. The van der Waals surface area contributed by atoms with Gasteiger partial charge in [0.15, 0.2) is 0 Å². The highest BCUT2D eigenvalue weighted by molar-refractivity contribution is 5.89. The van der Waals surface area contributed by atoms with Crippen LogP contribution in [0.4, 0.5) is 5.82 Å². The minimum absolute atomic E-state index is 0.0300. The fraction of sp³-hybridized carbons (Fsp3) is 0.400. The van der Waals surface area contributed by atoms with Crippen LogP contribution in [0.25, 0.3) is 0 Å². The van der Waals surface area contributed by atoms with Crippen LogP contribution in [-0.2, 0) is 4.74 Å². The van der Waals surface area contributed by atoms with Crippen molar-refractivity contribution < 1.29 is 24.9 Å². The summed E-state index contributed by atoms with van der Waals surface area (Å²) in [5.74, 6) is -0.665. The van der Waals surface area contributed by atoms with E-state index in [1.54, 1.807) is 0 Å². The number of pyridine rings is 1. The zero-order chi connectivity index (χ0) is 13.0. The van der Waals surface area contributed by atoms with Gasteiger partial charge in [0.1, 0.15) is 18.0 Å². The van der Waals surface area contributed by atoms with Crippen molar-refractivity contribution in [3.8, 4) is 0 Å². The van der Waals surface area contributed by atoms with Crippen molar-refractivity contribution in [2.45, 2.75) is 12.2 Å². The van der Waals surface area contributed by atoms with Crippen molar-refractivity contribution in [3.05, 3.63) is 23.4 Å². The zero-order valence-corrected chi connectivity index (χ0v) is 9.20. The molecule has 0 aromatic carbocycles. The molecule has 1 heterocycles. The Morgan fingerprint density at radius 2 is 2.24 bits per heavy atom. The Morgan fingerprint density at radius 3 is 2.76 bits per heavy atom. The monoisotopic (exact) mass is 242 g/mol. The minimum atomic E-state index is -1.42. The molecular weight excluding hydrogens is 228 g/mol. The molecule has 2 atom stereocenters. The molecule has 5 N–H and O–H groups in total. The Kier molecular flexibility index (Phi) is 4.38. The van der Waals surface area contributed by atoms with Gasteiger partial charge in [-0.25, -0.2) is 9.78 Å². The summed E-state index contributed by atoms with van der Waals surface area (Å²) in [5, 5.41) is 27.7. The van der Waals surface area contributed by atoms with Gasteiger partial charge in [-0.1, -0.05) is 0 Å². The lowest BCUT2D eigenvalue weighted by atomic mass is 10.0. The van der Waals surface area contributed by atoms with E-state index in [9.17, 15) is 15.0 Å². The van der Waals surface area contributed by atoms with Crippen LogP contribution in [0.2, 0.25) is 0 Å². The first-order valence-corrected chi connectivity index (χ1v) is 4.82. The number of ether oxygens (including phenoxy) is 1. The number of carbonyl (C=O) groups is 1. The topological polar surface area (TPSA) is 126 Å². The maximum Gasteiger partial charge on any atom is 0.339 e. The van der Waals surface area contributed by atoms with E-state index >= 15 is 0 Å². The molecule has 0 radical (unpaired) electrons. The number of nitrogens with zero attached hydrogens (tertiary/aromatic N) is 1. The van der Waals surface area contributed by atoms with Gasteiger partial charge in [-0.2, -0.15) is 0 Å². The van der Waals surface area contributed by atoms with Gasteiger partial charge < -0.3 is 25.8 Å². The molecule has 0 spiro atoms. The van der Waals surface area contributed by atoms with E-state index in [2.05, 4.69) is 9.72 Å². The summed E-state index contributed by atoms with van der Waals surface area (Å²) < 4.78 is 4.48. The molecule has 7 heteroatoms. The average Bonchev–Trinajstić information content (AvgIpc) is 2.36. The Hall–Kier alpha value is -1.70. The van der Waals surface area contributed by atoms with Crippen LogP contribution < -0.4 is 5.73 Å². The second-order valence-corrected chi connectivity index (χ2v) is 3.38. The summed E-state index contributed by atoms with van der Waals surface area (Å²) in [4.78, 5) is 15.0. The quantitative estimate of drug-likeness (QED) is 0.490. The van der Waals surface area contributed by atoms with Crippen LogP contribution in [0.1, 0.15) is 22.0 Å². The number of aliphatic hydroxyl groups is 3. The normalized spacial score (nSPS) is 14.1. The molecule has 0 aliphatic heterocycles. The van der Waals surface area contributed by atoms with E-state index in [-0.39, 0.29) is 16.9 Å². The maximum atomic E-state index is 11.2. The van der Waals surface area contributed by atoms with Crippen LogP contribution >= 0.6 is 0 Å². The smallest absolute Gasteiger partial charge is 0.339 e. The third kappa shape index (κ3) is 2.90. The van der Waals surface area contributed by atoms with Gasteiger partial charge in [-0.05, 0) is 6.07 Å². The fourth-order valence-corrected chi connectivity index (χ4v) is 1.27. The zero-order valence-electron chi connectivity index (χ0n) is 9.20. The van der Waals surface area contributed by atoms with Gasteiger partial charge in [-0.3, -0.25) is 0 Å². The van der Waals surface area contributed by atoms with E-state index in [0.717, 1.165) is 0 Å². The summed E-state index contributed by atoms with van der Waals surface area (Å²) in [7, 11) is 1.21. The number of nitrogens with two attached hydrogens (primary N) is 1. The van der Waals surface area contributed by atoms with Crippen molar-refractivity contribution in [1.82, 2.24) is 4.98 Å². The predicted octanol–water partition coefficient (Wildman–Crippen LogP) is -1.16. The number of nitrogen functional groups attached to an aromatic ring is 1.